The molecule has 1 atom stereocenters. The Bertz CT molecular complexity index is 1350. The van der Waals surface area contributed by atoms with Gasteiger partial charge in [0.1, 0.15) is 11.6 Å². The van der Waals surface area contributed by atoms with E-state index in [9.17, 15) is 9.90 Å². The Morgan fingerprint density at radius 2 is 2.03 bits per heavy atom. The Hall–Kier alpha value is -4.21. The SMILES string of the molecule is CCOc1ncc([C@H](CC(=O)O)n2ncc3cc(OCCc4ccc5c(n4)NCCC5)ccc32)cn1. The van der Waals surface area contributed by atoms with E-state index in [1.165, 1.54) is 5.56 Å². The standard InChI is InChI=1S/C26H28N6O4/c1-2-35-26-28-14-19(15-29-26)23(13-24(33)34)32-22-8-7-21(12-18(22)16-30-32)36-11-9-20-6-5-17-4-3-10-27-25(17)31-20/h5-8,12,14-16,23H,2-4,9-11,13H2,1H3,(H,27,31)(H,33,34)/t23-/m0/s1. The number of aromatic nitrogens is 5. The molecule has 2 N–H and O–H groups in total. The van der Waals surface area contributed by atoms with Crippen LogP contribution in [0.5, 0.6) is 11.8 Å². The van der Waals surface area contributed by atoms with Crippen molar-refractivity contribution in [3.8, 4) is 11.8 Å². The lowest BCUT2D eigenvalue weighted by molar-refractivity contribution is -0.137. The number of aliphatic carboxylic acids is 1. The molecule has 3 aromatic heterocycles. The van der Waals surface area contributed by atoms with Crippen molar-refractivity contribution < 1.29 is 19.4 Å². The zero-order valence-electron chi connectivity index (χ0n) is 20.1. The molecule has 0 bridgehead atoms. The molecule has 36 heavy (non-hydrogen) atoms. The second-order valence-electron chi connectivity index (χ2n) is 8.59. The number of rotatable bonds is 10. The predicted molar refractivity (Wildman–Crippen MR) is 134 cm³/mol. The number of ether oxygens (including phenoxy) is 2. The van der Waals surface area contributed by atoms with Crippen LogP contribution in [0.25, 0.3) is 10.9 Å². The van der Waals surface area contributed by atoms with Crippen LogP contribution in [-0.4, -0.2) is 55.6 Å². The summed E-state index contributed by atoms with van der Waals surface area (Å²) in [5.41, 5.74) is 3.70. The lowest BCUT2D eigenvalue weighted by Crippen LogP contribution is -2.17. The van der Waals surface area contributed by atoms with Crippen LogP contribution in [0.3, 0.4) is 0 Å². The Labute approximate surface area is 208 Å². The molecule has 0 amide bonds. The minimum Gasteiger partial charge on any atom is -0.493 e. The first-order chi connectivity index (χ1) is 17.6. The zero-order chi connectivity index (χ0) is 24.9. The number of carboxylic acid groups (broad SMARTS) is 1. The summed E-state index contributed by atoms with van der Waals surface area (Å²) in [6.07, 6.45) is 7.63. The fourth-order valence-corrected chi connectivity index (χ4v) is 4.36. The summed E-state index contributed by atoms with van der Waals surface area (Å²) < 4.78 is 13.0. The van der Waals surface area contributed by atoms with E-state index in [0.717, 1.165) is 47.6 Å². The first kappa shape index (κ1) is 23.5. The number of nitrogens with zero attached hydrogens (tertiary/aromatic N) is 5. The fraction of sp³-hybridized carbons (Fsp3) is 0.346. The van der Waals surface area contributed by atoms with E-state index < -0.39 is 12.0 Å². The molecule has 0 spiro atoms. The second kappa shape index (κ2) is 10.6. The smallest absolute Gasteiger partial charge is 0.316 e. The quantitative estimate of drug-likeness (QED) is 0.344. The van der Waals surface area contributed by atoms with Gasteiger partial charge < -0.3 is 19.9 Å². The van der Waals surface area contributed by atoms with Crippen molar-refractivity contribution in [3.05, 3.63) is 65.7 Å². The van der Waals surface area contributed by atoms with Gasteiger partial charge in [-0.25, -0.2) is 15.0 Å². The molecule has 0 unspecified atom stereocenters. The maximum absolute atomic E-state index is 11.6. The number of fused-ring (bicyclic) bond motifs is 2. The summed E-state index contributed by atoms with van der Waals surface area (Å²) in [5, 5.41) is 18.2. The minimum atomic E-state index is -0.941. The molecule has 1 aromatic carbocycles. The Balaban J connectivity index is 1.30. The molecule has 4 heterocycles. The summed E-state index contributed by atoms with van der Waals surface area (Å²) in [7, 11) is 0. The molecule has 1 aliphatic rings. The average Bonchev–Trinajstić information content (AvgIpc) is 3.31. The number of carboxylic acids is 1. The van der Waals surface area contributed by atoms with Crippen LogP contribution in [0, 0.1) is 0 Å². The van der Waals surface area contributed by atoms with Gasteiger partial charge in [-0.05, 0) is 49.6 Å². The molecule has 186 valence electrons. The molecule has 10 nitrogen and oxygen atoms in total. The molecule has 0 fully saturated rings. The van der Waals surface area contributed by atoms with Crippen LogP contribution < -0.4 is 14.8 Å². The monoisotopic (exact) mass is 488 g/mol. The predicted octanol–water partition coefficient (Wildman–Crippen LogP) is 3.66. The topological polar surface area (TPSA) is 124 Å². The van der Waals surface area contributed by atoms with Crippen molar-refractivity contribution >= 4 is 22.7 Å². The molecule has 0 radical (unpaired) electrons. The normalized spacial score (nSPS) is 13.6. The highest BCUT2D eigenvalue weighted by molar-refractivity contribution is 5.81. The van der Waals surface area contributed by atoms with Gasteiger partial charge in [0.2, 0.25) is 0 Å². The number of carbonyl (C=O) groups is 1. The summed E-state index contributed by atoms with van der Waals surface area (Å²) in [6.45, 7) is 3.76. The van der Waals surface area contributed by atoms with E-state index >= 15 is 0 Å². The summed E-state index contributed by atoms with van der Waals surface area (Å²) >= 11 is 0. The second-order valence-corrected chi connectivity index (χ2v) is 8.59. The first-order valence-corrected chi connectivity index (χ1v) is 12.1. The number of pyridine rings is 1. The van der Waals surface area contributed by atoms with E-state index in [1.54, 1.807) is 23.3 Å². The number of aryl methyl sites for hydroxylation is 1. The highest BCUT2D eigenvalue weighted by atomic mass is 16.5. The van der Waals surface area contributed by atoms with Crippen LogP contribution in [0.2, 0.25) is 0 Å². The fourth-order valence-electron chi connectivity index (χ4n) is 4.36. The van der Waals surface area contributed by atoms with Gasteiger partial charge >= 0.3 is 12.0 Å². The van der Waals surface area contributed by atoms with Crippen LogP contribution in [0.15, 0.2) is 48.9 Å². The van der Waals surface area contributed by atoms with Crippen molar-refractivity contribution in [1.29, 1.82) is 0 Å². The largest absolute Gasteiger partial charge is 0.493 e. The van der Waals surface area contributed by atoms with Gasteiger partial charge in [-0.1, -0.05) is 6.07 Å². The van der Waals surface area contributed by atoms with Gasteiger partial charge in [-0.15, -0.1) is 0 Å². The number of nitrogens with one attached hydrogen (secondary N) is 1. The minimum absolute atomic E-state index is 0.158. The van der Waals surface area contributed by atoms with Gasteiger partial charge in [0.15, 0.2) is 0 Å². The van der Waals surface area contributed by atoms with E-state index in [-0.39, 0.29) is 12.4 Å². The average molecular weight is 489 g/mol. The molecule has 4 aromatic rings. The third-order valence-electron chi connectivity index (χ3n) is 6.12. The third-order valence-corrected chi connectivity index (χ3v) is 6.12. The van der Waals surface area contributed by atoms with Crippen molar-refractivity contribution in [1.82, 2.24) is 24.7 Å². The van der Waals surface area contributed by atoms with E-state index in [4.69, 9.17) is 14.5 Å². The number of anilines is 1. The lowest BCUT2D eigenvalue weighted by Gasteiger charge is -2.17. The summed E-state index contributed by atoms with van der Waals surface area (Å²) in [6, 6.07) is 9.57. The molecule has 1 aliphatic heterocycles. The molecular weight excluding hydrogens is 460 g/mol. The van der Waals surface area contributed by atoms with Gasteiger partial charge in [0.05, 0.1) is 37.4 Å². The van der Waals surface area contributed by atoms with Crippen molar-refractivity contribution in [2.75, 3.05) is 25.1 Å². The van der Waals surface area contributed by atoms with Gasteiger partial charge in [0.25, 0.3) is 0 Å². The van der Waals surface area contributed by atoms with Crippen molar-refractivity contribution in [3.63, 3.8) is 0 Å². The molecule has 5 rings (SSSR count). The van der Waals surface area contributed by atoms with E-state index in [0.29, 0.717) is 25.2 Å². The zero-order valence-corrected chi connectivity index (χ0v) is 20.1. The molecule has 0 aliphatic carbocycles. The highest BCUT2D eigenvalue weighted by Gasteiger charge is 2.22. The number of benzene rings is 1. The Morgan fingerprint density at radius 3 is 2.83 bits per heavy atom. The van der Waals surface area contributed by atoms with Gasteiger partial charge in [-0.2, -0.15) is 5.10 Å². The summed E-state index contributed by atoms with van der Waals surface area (Å²) in [4.78, 5) is 24.7. The van der Waals surface area contributed by atoms with Crippen LogP contribution in [0.1, 0.15) is 42.6 Å². The summed E-state index contributed by atoms with van der Waals surface area (Å²) in [5.74, 6) is 0.766. The highest BCUT2D eigenvalue weighted by Crippen LogP contribution is 2.28. The van der Waals surface area contributed by atoms with Crippen molar-refractivity contribution in [2.45, 2.75) is 38.6 Å². The maximum atomic E-state index is 11.6. The van der Waals surface area contributed by atoms with Crippen molar-refractivity contribution in [2.24, 2.45) is 0 Å². The first-order valence-electron chi connectivity index (χ1n) is 12.1. The van der Waals surface area contributed by atoms with Gasteiger partial charge in [0, 0.05) is 42.0 Å². The Morgan fingerprint density at radius 1 is 1.17 bits per heavy atom. The lowest BCUT2D eigenvalue weighted by atomic mass is 10.1. The van der Waals surface area contributed by atoms with Crippen LogP contribution >= 0.6 is 0 Å². The van der Waals surface area contributed by atoms with Crippen LogP contribution in [0.4, 0.5) is 5.82 Å². The third kappa shape index (κ3) is 5.22. The molecule has 10 heteroatoms. The van der Waals surface area contributed by atoms with Crippen LogP contribution in [-0.2, 0) is 17.6 Å². The maximum Gasteiger partial charge on any atom is 0.316 e. The molecule has 0 saturated carbocycles. The molecular formula is C26H28N6O4. The van der Waals surface area contributed by atoms with E-state index in [1.807, 2.05) is 25.1 Å². The molecule has 0 saturated heterocycles. The van der Waals surface area contributed by atoms with Gasteiger partial charge in [-0.3, -0.25) is 9.48 Å². The number of hydrogen-bond donors (Lipinski definition) is 2. The number of hydrogen-bond acceptors (Lipinski definition) is 8. The Kier molecular flexibility index (Phi) is 6.92. The van der Waals surface area contributed by atoms with E-state index in [2.05, 4.69) is 32.5 Å².